The molecule has 0 saturated carbocycles. The molecule has 0 saturated heterocycles. The summed E-state index contributed by atoms with van der Waals surface area (Å²) in [5.41, 5.74) is 4.48. The molecule has 1 aromatic carbocycles. The first-order chi connectivity index (χ1) is 13.1. The van der Waals surface area contributed by atoms with E-state index in [4.69, 9.17) is 4.74 Å². The quantitative estimate of drug-likeness (QED) is 0.897. The Balaban J connectivity index is 1.50. The Kier molecular flexibility index (Phi) is 4.75. The first-order valence-corrected chi connectivity index (χ1v) is 9.31. The lowest BCUT2D eigenvalue weighted by molar-refractivity contribution is -0.118. The molecule has 1 N–H and O–H groups in total. The molecular formula is C22H22N2O3. The predicted molar refractivity (Wildman–Crippen MR) is 103 cm³/mol. The molecule has 0 radical (unpaired) electrons. The molecule has 4 rings (SSSR count). The summed E-state index contributed by atoms with van der Waals surface area (Å²) in [7, 11) is 1.61. The summed E-state index contributed by atoms with van der Waals surface area (Å²) in [6.45, 7) is 0. The number of carbonyl (C=O) groups is 2. The van der Waals surface area contributed by atoms with Gasteiger partial charge in [-0.2, -0.15) is 0 Å². The second kappa shape index (κ2) is 7.35. The van der Waals surface area contributed by atoms with Gasteiger partial charge in [0, 0.05) is 17.2 Å². The van der Waals surface area contributed by atoms with Crippen LogP contribution in [0.3, 0.4) is 0 Å². The van der Waals surface area contributed by atoms with E-state index in [2.05, 4.69) is 16.4 Å². The Morgan fingerprint density at radius 1 is 1.22 bits per heavy atom. The highest BCUT2D eigenvalue weighted by Crippen LogP contribution is 2.38. The van der Waals surface area contributed by atoms with E-state index in [1.54, 1.807) is 7.11 Å². The minimum absolute atomic E-state index is 0.00593. The van der Waals surface area contributed by atoms with Crippen molar-refractivity contribution in [1.29, 1.82) is 0 Å². The van der Waals surface area contributed by atoms with Gasteiger partial charge in [0.25, 0.3) is 11.8 Å². The smallest absolute Gasteiger partial charge is 0.251 e. The summed E-state index contributed by atoms with van der Waals surface area (Å²) in [5, 5.41) is 2.99. The number of benzene rings is 1. The Hall–Kier alpha value is -2.95. The molecule has 1 unspecified atom stereocenters. The molecule has 1 aliphatic heterocycles. The topological polar surface area (TPSA) is 67.8 Å². The van der Waals surface area contributed by atoms with E-state index >= 15 is 0 Å². The standard InChI is InChI=1S/C22H22N2O3/c1-27-16-9-6-14(7-10-16)12-21(25)23-15-8-11-18-17-4-2-3-5-19(17)22(26)24-20(18)13-15/h6-11,13,18H,2-5,12H2,1H3,(H,24,26). The van der Waals surface area contributed by atoms with E-state index in [1.807, 2.05) is 36.4 Å². The van der Waals surface area contributed by atoms with Crippen LogP contribution in [-0.2, 0) is 16.0 Å². The normalized spacial score (nSPS) is 22.7. The first kappa shape index (κ1) is 17.5. The molecule has 27 heavy (non-hydrogen) atoms. The zero-order valence-electron chi connectivity index (χ0n) is 15.3. The van der Waals surface area contributed by atoms with Crippen LogP contribution in [0.25, 0.3) is 0 Å². The summed E-state index contributed by atoms with van der Waals surface area (Å²) >= 11 is 0. The van der Waals surface area contributed by atoms with Gasteiger partial charge in [-0.05, 0) is 61.1 Å². The highest BCUT2D eigenvalue weighted by atomic mass is 16.5. The Morgan fingerprint density at radius 2 is 2.00 bits per heavy atom. The van der Waals surface area contributed by atoms with Gasteiger partial charge in [-0.1, -0.05) is 18.2 Å². The van der Waals surface area contributed by atoms with Crippen LogP contribution in [0.5, 0.6) is 5.75 Å². The zero-order valence-corrected chi connectivity index (χ0v) is 15.3. The number of hydrogen-bond acceptors (Lipinski definition) is 3. The summed E-state index contributed by atoms with van der Waals surface area (Å²) in [6.07, 6.45) is 10.0. The van der Waals surface area contributed by atoms with Crippen LogP contribution in [0, 0.1) is 5.92 Å². The monoisotopic (exact) mass is 362 g/mol. The highest BCUT2D eigenvalue weighted by molar-refractivity contribution is 6.11. The van der Waals surface area contributed by atoms with Crippen LogP contribution < -0.4 is 10.1 Å². The molecule has 3 aliphatic rings. The highest BCUT2D eigenvalue weighted by Gasteiger charge is 2.32. The summed E-state index contributed by atoms with van der Waals surface area (Å²) in [5.74, 6) is 0.669. The van der Waals surface area contributed by atoms with Gasteiger partial charge in [0.15, 0.2) is 0 Å². The summed E-state index contributed by atoms with van der Waals surface area (Å²) in [6, 6.07) is 7.38. The number of fused-ring (bicyclic) bond motifs is 2. The van der Waals surface area contributed by atoms with Crippen molar-refractivity contribution >= 4 is 17.5 Å². The van der Waals surface area contributed by atoms with E-state index < -0.39 is 0 Å². The number of nitrogens with zero attached hydrogens (tertiary/aromatic N) is 1. The van der Waals surface area contributed by atoms with Crippen molar-refractivity contribution < 1.29 is 14.3 Å². The lowest BCUT2D eigenvalue weighted by Crippen LogP contribution is -2.37. The van der Waals surface area contributed by atoms with E-state index in [0.717, 1.165) is 48.3 Å². The molecule has 0 bridgehead atoms. The molecular weight excluding hydrogens is 340 g/mol. The molecule has 2 aliphatic carbocycles. The maximum absolute atomic E-state index is 12.4. The largest absolute Gasteiger partial charge is 0.497 e. The molecule has 138 valence electrons. The molecule has 1 atom stereocenters. The lowest BCUT2D eigenvalue weighted by Gasteiger charge is -2.33. The predicted octanol–water partition coefficient (Wildman–Crippen LogP) is 3.28. The molecule has 0 aromatic heterocycles. The van der Waals surface area contributed by atoms with Gasteiger partial charge in [-0.25, -0.2) is 4.99 Å². The SMILES string of the molecule is COc1ccc(CC(=O)N=C2C=CC3C(=C2)NC(=O)C2=C3CCCC2)cc1. The van der Waals surface area contributed by atoms with Crippen molar-refractivity contribution in [1.82, 2.24) is 5.32 Å². The van der Waals surface area contributed by atoms with Crippen LogP contribution in [0.1, 0.15) is 31.2 Å². The number of amides is 2. The van der Waals surface area contributed by atoms with Crippen molar-refractivity contribution in [2.45, 2.75) is 32.1 Å². The molecule has 1 aromatic rings. The average molecular weight is 362 g/mol. The van der Waals surface area contributed by atoms with Crippen LogP contribution in [-0.4, -0.2) is 24.6 Å². The van der Waals surface area contributed by atoms with E-state index in [1.165, 1.54) is 5.57 Å². The minimum atomic E-state index is -0.213. The number of rotatable bonds is 3. The number of allylic oxidation sites excluding steroid dienone is 3. The summed E-state index contributed by atoms with van der Waals surface area (Å²) < 4.78 is 5.12. The van der Waals surface area contributed by atoms with Gasteiger partial charge in [0.1, 0.15) is 5.75 Å². The number of aliphatic imine (C=N–C) groups is 1. The Bertz CT molecular complexity index is 904. The van der Waals surface area contributed by atoms with Crippen LogP contribution in [0.2, 0.25) is 0 Å². The van der Waals surface area contributed by atoms with Crippen molar-refractivity contribution in [2.24, 2.45) is 10.9 Å². The van der Waals surface area contributed by atoms with Crippen molar-refractivity contribution in [3.05, 3.63) is 64.9 Å². The van der Waals surface area contributed by atoms with Gasteiger partial charge in [-0.3, -0.25) is 9.59 Å². The molecule has 2 amide bonds. The average Bonchev–Trinajstić information content (AvgIpc) is 2.68. The third-order valence-corrected chi connectivity index (χ3v) is 5.28. The lowest BCUT2D eigenvalue weighted by atomic mass is 9.77. The van der Waals surface area contributed by atoms with Crippen molar-refractivity contribution in [3.63, 3.8) is 0 Å². The fourth-order valence-corrected chi connectivity index (χ4v) is 3.92. The van der Waals surface area contributed by atoms with Gasteiger partial charge < -0.3 is 10.1 Å². The number of nitrogens with one attached hydrogen (secondary N) is 1. The van der Waals surface area contributed by atoms with Crippen LogP contribution in [0.15, 0.2) is 64.3 Å². The second-order valence-electron chi connectivity index (χ2n) is 7.06. The maximum atomic E-state index is 12.4. The number of methoxy groups -OCH3 is 1. The third kappa shape index (κ3) is 3.63. The molecule has 5 heteroatoms. The second-order valence-corrected chi connectivity index (χ2v) is 7.06. The van der Waals surface area contributed by atoms with Crippen LogP contribution >= 0.6 is 0 Å². The molecule has 0 fully saturated rings. The summed E-state index contributed by atoms with van der Waals surface area (Å²) in [4.78, 5) is 28.9. The van der Waals surface area contributed by atoms with Gasteiger partial charge in [0.05, 0.1) is 19.2 Å². The molecule has 5 nitrogen and oxygen atoms in total. The fraction of sp³-hybridized carbons (Fsp3) is 0.318. The third-order valence-electron chi connectivity index (χ3n) is 5.28. The minimum Gasteiger partial charge on any atom is -0.497 e. The van der Waals surface area contributed by atoms with Gasteiger partial charge >= 0.3 is 0 Å². The van der Waals surface area contributed by atoms with E-state index in [9.17, 15) is 9.59 Å². The van der Waals surface area contributed by atoms with Crippen molar-refractivity contribution in [2.75, 3.05) is 7.11 Å². The van der Waals surface area contributed by atoms with Gasteiger partial charge in [0.2, 0.25) is 0 Å². The van der Waals surface area contributed by atoms with E-state index in [-0.39, 0.29) is 24.2 Å². The molecule has 0 spiro atoms. The van der Waals surface area contributed by atoms with Gasteiger partial charge in [-0.15, -0.1) is 0 Å². The fourth-order valence-electron chi connectivity index (χ4n) is 3.92. The Labute approximate surface area is 158 Å². The van der Waals surface area contributed by atoms with Crippen molar-refractivity contribution in [3.8, 4) is 5.75 Å². The number of hydrogen-bond donors (Lipinski definition) is 1. The number of carbonyl (C=O) groups excluding carboxylic acids is 2. The van der Waals surface area contributed by atoms with E-state index in [0.29, 0.717) is 5.71 Å². The first-order valence-electron chi connectivity index (χ1n) is 9.31. The molecule has 1 heterocycles. The maximum Gasteiger partial charge on any atom is 0.251 e. The zero-order chi connectivity index (χ0) is 18.8. The number of ether oxygens (including phenoxy) is 1. The van der Waals surface area contributed by atoms with Crippen LogP contribution in [0.4, 0.5) is 0 Å². The Morgan fingerprint density at radius 3 is 2.78 bits per heavy atom.